The molecule has 1 aromatic heterocycles. The van der Waals surface area contributed by atoms with Crippen LogP contribution in [0.25, 0.3) is 0 Å². The van der Waals surface area contributed by atoms with Crippen molar-refractivity contribution in [1.82, 2.24) is 4.90 Å². The van der Waals surface area contributed by atoms with Gasteiger partial charge in [0, 0.05) is 19.5 Å². The molecule has 1 aromatic rings. The summed E-state index contributed by atoms with van der Waals surface area (Å²) in [6, 6.07) is 2.04. The number of esters is 1. The van der Waals surface area contributed by atoms with Crippen molar-refractivity contribution in [1.29, 1.82) is 5.26 Å². The molecule has 8 heteroatoms. The second-order valence-corrected chi connectivity index (χ2v) is 7.75. The van der Waals surface area contributed by atoms with Gasteiger partial charge in [-0.1, -0.05) is 0 Å². The van der Waals surface area contributed by atoms with E-state index in [-0.39, 0.29) is 30.4 Å². The number of nitrogens with zero attached hydrogens (tertiary/aromatic N) is 2. The van der Waals surface area contributed by atoms with E-state index in [1.165, 1.54) is 0 Å². The van der Waals surface area contributed by atoms with Gasteiger partial charge in [0.15, 0.2) is 0 Å². The van der Waals surface area contributed by atoms with Gasteiger partial charge in [-0.25, -0.2) is 4.79 Å². The third-order valence-electron chi connectivity index (χ3n) is 4.72. The molecule has 26 heavy (non-hydrogen) atoms. The predicted octanol–water partition coefficient (Wildman–Crippen LogP) is 2.30. The molecule has 1 N–H and O–H groups in total. The molecular weight excluding hydrogens is 354 g/mol. The van der Waals surface area contributed by atoms with Crippen molar-refractivity contribution in [3.05, 3.63) is 16.0 Å². The van der Waals surface area contributed by atoms with Crippen molar-refractivity contribution in [2.75, 3.05) is 25.0 Å². The second kappa shape index (κ2) is 7.46. The summed E-state index contributed by atoms with van der Waals surface area (Å²) >= 11 is 1.04. The van der Waals surface area contributed by atoms with Gasteiger partial charge in [0.25, 0.3) is 0 Å². The number of anilines is 1. The zero-order valence-electron chi connectivity index (χ0n) is 14.8. The Labute approximate surface area is 155 Å². The average Bonchev–Trinajstić information content (AvgIpc) is 3.26. The van der Waals surface area contributed by atoms with Crippen LogP contribution in [0.3, 0.4) is 0 Å². The number of amides is 2. The molecule has 0 aromatic carbocycles. The average molecular weight is 375 g/mol. The van der Waals surface area contributed by atoms with Crippen molar-refractivity contribution >= 4 is 34.1 Å². The maximum atomic E-state index is 12.6. The number of ether oxygens (including phenoxy) is 1. The van der Waals surface area contributed by atoms with Crippen molar-refractivity contribution < 1.29 is 19.1 Å². The van der Waals surface area contributed by atoms with E-state index in [1.54, 1.807) is 18.7 Å². The van der Waals surface area contributed by atoms with Crippen molar-refractivity contribution in [2.24, 2.45) is 11.8 Å². The van der Waals surface area contributed by atoms with Crippen LogP contribution in [0.2, 0.25) is 0 Å². The van der Waals surface area contributed by atoms with E-state index in [0.717, 1.165) is 30.7 Å². The van der Waals surface area contributed by atoms with E-state index >= 15 is 0 Å². The quantitative estimate of drug-likeness (QED) is 0.769. The number of nitriles is 1. The minimum atomic E-state index is -0.501. The first kappa shape index (κ1) is 18.4. The Balaban J connectivity index is 1.71. The number of rotatable bonds is 6. The van der Waals surface area contributed by atoms with Crippen LogP contribution in [0.5, 0.6) is 0 Å². The number of nitrogens with one attached hydrogen (secondary N) is 1. The molecule has 2 aliphatic rings. The summed E-state index contributed by atoms with van der Waals surface area (Å²) < 4.78 is 5.00. The Kier molecular flexibility index (Phi) is 5.28. The molecule has 1 aliphatic heterocycles. The lowest BCUT2D eigenvalue weighted by Crippen LogP contribution is -2.29. The first-order chi connectivity index (χ1) is 12.4. The van der Waals surface area contributed by atoms with Crippen molar-refractivity contribution in [3.8, 4) is 6.07 Å². The zero-order chi connectivity index (χ0) is 18.8. The van der Waals surface area contributed by atoms with Crippen LogP contribution < -0.4 is 5.32 Å². The molecule has 2 amide bonds. The molecule has 2 fully saturated rings. The molecule has 1 aliphatic carbocycles. The van der Waals surface area contributed by atoms with Gasteiger partial charge < -0.3 is 15.0 Å². The Morgan fingerprint density at radius 3 is 2.77 bits per heavy atom. The fraction of sp³-hybridized carbons (Fsp3) is 0.556. The maximum absolute atomic E-state index is 12.6. The van der Waals surface area contributed by atoms with Crippen molar-refractivity contribution in [3.63, 3.8) is 0 Å². The van der Waals surface area contributed by atoms with Crippen molar-refractivity contribution in [2.45, 2.75) is 33.1 Å². The highest BCUT2D eigenvalue weighted by Crippen LogP contribution is 2.35. The van der Waals surface area contributed by atoms with Crippen LogP contribution in [0.1, 0.15) is 47.0 Å². The molecule has 3 rings (SSSR count). The van der Waals surface area contributed by atoms with E-state index in [1.807, 2.05) is 6.07 Å². The molecule has 7 nitrogen and oxygen atoms in total. The number of likely N-dealkylation sites (tertiary alicyclic amines) is 1. The zero-order valence-corrected chi connectivity index (χ0v) is 15.6. The molecule has 0 spiro atoms. The summed E-state index contributed by atoms with van der Waals surface area (Å²) in [5, 5.41) is 12.5. The van der Waals surface area contributed by atoms with Crippen LogP contribution in [0.15, 0.2) is 0 Å². The minimum Gasteiger partial charge on any atom is -0.462 e. The molecule has 2 heterocycles. The van der Waals surface area contributed by atoms with E-state index in [0.29, 0.717) is 27.9 Å². The predicted molar refractivity (Wildman–Crippen MR) is 95.8 cm³/mol. The fourth-order valence-corrected chi connectivity index (χ4v) is 4.13. The SMILES string of the molecule is CCOC(=O)c1sc(NC(=O)C2CC(=O)N(CC3CC3)C2)c(C#N)c1C. The highest BCUT2D eigenvalue weighted by Gasteiger charge is 2.37. The standard InChI is InChI=1S/C18H21N3O4S/c1-3-25-18(24)15-10(2)13(7-19)17(26-15)20-16(23)12-6-14(22)21(9-12)8-11-4-5-11/h11-12H,3-6,8-9H2,1-2H3,(H,20,23). The summed E-state index contributed by atoms with van der Waals surface area (Å²) in [6.45, 7) is 4.75. The number of carbonyl (C=O) groups is 3. The monoisotopic (exact) mass is 375 g/mol. The fourth-order valence-electron chi connectivity index (χ4n) is 3.08. The molecule has 1 saturated carbocycles. The van der Waals surface area contributed by atoms with E-state index < -0.39 is 11.9 Å². The van der Waals surface area contributed by atoms with E-state index in [2.05, 4.69) is 5.32 Å². The Hall–Kier alpha value is -2.40. The van der Waals surface area contributed by atoms with Crippen LogP contribution in [0, 0.1) is 30.1 Å². The third-order valence-corrected chi connectivity index (χ3v) is 5.90. The maximum Gasteiger partial charge on any atom is 0.348 e. The van der Waals surface area contributed by atoms with Gasteiger partial charge in [0.05, 0.1) is 18.1 Å². The highest BCUT2D eigenvalue weighted by atomic mass is 32.1. The van der Waals surface area contributed by atoms with Crippen LogP contribution in [-0.2, 0) is 14.3 Å². The molecule has 1 unspecified atom stereocenters. The van der Waals surface area contributed by atoms with Crippen LogP contribution in [-0.4, -0.2) is 42.4 Å². The van der Waals surface area contributed by atoms with Gasteiger partial charge in [0.2, 0.25) is 11.8 Å². The number of hydrogen-bond donors (Lipinski definition) is 1. The topological polar surface area (TPSA) is 99.5 Å². The van der Waals surface area contributed by atoms with E-state index in [9.17, 15) is 19.6 Å². The Bertz CT molecular complexity index is 791. The molecular formula is C18H21N3O4S. The smallest absolute Gasteiger partial charge is 0.348 e. The van der Waals surface area contributed by atoms with Gasteiger partial charge in [0.1, 0.15) is 15.9 Å². The molecule has 0 radical (unpaired) electrons. The molecule has 138 valence electrons. The lowest BCUT2D eigenvalue weighted by molar-refractivity contribution is -0.128. The van der Waals surface area contributed by atoms with Crippen LogP contribution in [0.4, 0.5) is 5.00 Å². The van der Waals surface area contributed by atoms with Gasteiger partial charge >= 0.3 is 5.97 Å². The third kappa shape index (κ3) is 3.73. The lowest BCUT2D eigenvalue weighted by Gasteiger charge is -2.15. The number of hydrogen-bond acceptors (Lipinski definition) is 6. The van der Waals surface area contributed by atoms with Gasteiger partial charge in [-0.05, 0) is 38.2 Å². The van der Waals surface area contributed by atoms with Gasteiger partial charge in [-0.15, -0.1) is 11.3 Å². The van der Waals surface area contributed by atoms with Gasteiger partial charge in [-0.3, -0.25) is 9.59 Å². The first-order valence-electron chi connectivity index (χ1n) is 8.73. The highest BCUT2D eigenvalue weighted by molar-refractivity contribution is 7.18. The summed E-state index contributed by atoms with van der Waals surface area (Å²) in [4.78, 5) is 38.7. The Morgan fingerprint density at radius 2 is 2.15 bits per heavy atom. The van der Waals surface area contributed by atoms with E-state index in [4.69, 9.17) is 4.74 Å². The summed E-state index contributed by atoms with van der Waals surface area (Å²) in [5.74, 6) is -0.630. The molecule has 1 saturated heterocycles. The minimum absolute atomic E-state index is 0.00660. The first-order valence-corrected chi connectivity index (χ1v) is 9.55. The number of thiophene rings is 1. The lowest BCUT2D eigenvalue weighted by atomic mass is 10.1. The summed E-state index contributed by atoms with van der Waals surface area (Å²) in [6.07, 6.45) is 2.49. The summed E-state index contributed by atoms with van der Waals surface area (Å²) in [7, 11) is 0. The second-order valence-electron chi connectivity index (χ2n) is 6.72. The largest absolute Gasteiger partial charge is 0.462 e. The van der Waals surface area contributed by atoms with Crippen LogP contribution >= 0.6 is 11.3 Å². The molecule has 0 bridgehead atoms. The number of carbonyl (C=O) groups excluding carboxylic acids is 3. The normalized spacial score (nSPS) is 19.3. The van der Waals surface area contributed by atoms with Gasteiger partial charge in [-0.2, -0.15) is 5.26 Å². The molecule has 1 atom stereocenters. The summed E-state index contributed by atoms with van der Waals surface area (Å²) in [5.41, 5.74) is 0.773. The Morgan fingerprint density at radius 1 is 1.42 bits per heavy atom.